The summed E-state index contributed by atoms with van der Waals surface area (Å²) in [6, 6.07) is 12.5. The van der Waals surface area contributed by atoms with Crippen LogP contribution in [-0.4, -0.2) is 47.7 Å². The Labute approximate surface area is 186 Å². The van der Waals surface area contributed by atoms with E-state index in [9.17, 15) is 0 Å². The van der Waals surface area contributed by atoms with Crippen molar-refractivity contribution < 1.29 is 9.13 Å². The van der Waals surface area contributed by atoms with E-state index in [1.54, 1.807) is 6.20 Å². The lowest BCUT2D eigenvalue weighted by molar-refractivity contribution is 0.379. The average Bonchev–Trinajstić information content (AvgIpc) is 2.83. The fourth-order valence-corrected chi connectivity index (χ4v) is 4.56. The Balaban J connectivity index is 1.72. The number of pyridine rings is 1. The monoisotopic (exact) mass is 431 g/mol. The summed E-state index contributed by atoms with van der Waals surface area (Å²) in [6.07, 6.45) is 2.70. The summed E-state index contributed by atoms with van der Waals surface area (Å²) in [7, 11) is 1.51. The normalized spacial score (nSPS) is 16.6. The summed E-state index contributed by atoms with van der Waals surface area (Å²) in [5, 5.41) is 6.15. The highest BCUT2D eigenvalue weighted by atomic mass is 19.1. The Morgan fingerprint density at radius 2 is 2.00 bits per heavy atom. The van der Waals surface area contributed by atoms with Gasteiger partial charge in [0.15, 0.2) is 5.82 Å². The van der Waals surface area contributed by atoms with Gasteiger partial charge < -0.3 is 15.0 Å². The molecule has 1 fully saturated rings. The SMILES string of the molecule is CCC1CN(c2nc(OC)nc3c(F)c(-c4cccc5cccc(C)c45)ncc23)CCN1. The van der Waals surface area contributed by atoms with Crippen molar-refractivity contribution in [3.8, 4) is 17.3 Å². The molecule has 1 unspecified atom stereocenters. The molecule has 5 rings (SSSR count). The fourth-order valence-electron chi connectivity index (χ4n) is 4.56. The highest BCUT2D eigenvalue weighted by molar-refractivity contribution is 6.00. The maximum Gasteiger partial charge on any atom is 0.318 e. The van der Waals surface area contributed by atoms with Gasteiger partial charge >= 0.3 is 6.01 Å². The second-order valence-corrected chi connectivity index (χ2v) is 8.20. The van der Waals surface area contributed by atoms with Crippen molar-refractivity contribution in [2.75, 3.05) is 31.6 Å². The van der Waals surface area contributed by atoms with Gasteiger partial charge in [0.25, 0.3) is 0 Å². The highest BCUT2D eigenvalue weighted by Gasteiger charge is 2.25. The molecule has 0 radical (unpaired) electrons. The van der Waals surface area contributed by atoms with Crippen molar-refractivity contribution in [2.45, 2.75) is 26.3 Å². The van der Waals surface area contributed by atoms with Crippen molar-refractivity contribution in [2.24, 2.45) is 0 Å². The quantitative estimate of drug-likeness (QED) is 0.514. The van der Waals surface area contributed by atoms with Crippen LogP contribution in [0.4, 0.5) is 10.2 Å². The Morgan fingerprint density at radius 3 is 2.78 bits per heavy atom. The number of ether oxygens (including phenoxy) is 1. The van der Waals surface area contributed by atoms with Crippen molar-refractivity contribution in [1.82, 2.24) is 20.3 Å². The first-order valence-corrected chi connectivity index (χ1v) is 11.0. The van der Waals surface area contributed by atoms with E-state index in [1.807, 2.05) is 43.3 Å². The number of nitrogens with one attached hydrogen (secondary N) is 1. The van der Waals surface area contributed by atoms with Gasteiger partial charge in [-0.15, -0.1) is 0 Å². The maximum atomic E-state index is 16.0. The Kier molecular flexibility index (Phi) is 5.35. The molecule has 2 aromatic heterocycles. The van der Waals surface area contributed by atoms with Gasteiger partial charge in [-0.25, -0.2) is 4.39 Å². The van der Waals surface area contributed by atoms with Gasteiger partial charge in [0.1, 0.15) is 17.0 Å². The van der Waals surface area contributed by atoms with Crippen LogP contribution in [0.2, 0.25) is 0 Å². The minimum absolute atomic E-state index is 0.157. The Hall–Kier alpha value is -3.32. The third kappa shape index (κ3) is 3.42. The summed E-state index contributed by atoms with van der Waals surface area (Å²) in [6.45, 7) is 6.59. The summed E-state index contributed by atoms with van der Waals surface area (Å²) in [5.41, 5.74) is 2.35. The predicted molar refractivity (Wildman–Crippen MR) is 126 cm³/mol. The molecule has 3 heterocycles. The van der Waals surface area contributed by atoms with Crippen molar-refractivity contribution in [1.29, 1.82) is 0 Å². The number of fused-ring (bicyclic) bond motifs is 2. The third-order valence-corrected chi connectivity index (χ3v) is 6.24. The van der Waals surface area contributed by atoms with Crippen LogP contribution < -0.4 is 15.0 Å². The zero-order valence-electron chi connectivity index (χ0n) is 18.5. The minimum Gasteiger partial charge on any atom is -0.467 e. The molecule has 1 aliphatic rings. The lowest BCUT2D eigenvalue weighted by atomic mass is 9.97. The second kappa shape index (κ2) is 8.31. The number of rotatable bonds is 4. The van der Waals surface area contributed by atoms with Crippen LogP contribution >= 0.6 is 0 Å². The van der Waals surface area contributed by atoms with Crippen LogP contribution in [0.5, 0.6) is 6.01 Å². The van der Waals surface area contributed by atoms with Crippen molar-refractivity contribution >= 4 is 27.5 Å². The Morgan fingerprint density at radius 1 is 1.19 bits per heavy atom. The minimum atomic E-state index is -0.456. The zero-order valence-corrected chi connectivity index (χ0v) is 18.5. The van der Waals surface area contributed by atoms with E-state index in [0.29, 0.717) is 17.2 Å². The second-order valence-electron chi connectivity index (χ2n) is 8.20. The fraction of sp³-hybridized carbons (Fsp3) is 0.320. The molecule has 1 atom stereocenters. The summed E-state index contributed by atoms with van der Waals surface area (Å²) in [5.74, 6) is 0.209. The molecule has 1 aliphatic heterocycles. The van der Waals surface area contributed by atoms with E-state index in [1.165, 1.54) is 7.11 Å². The van der Waals surface area contributed by atoms with Crippen LogP contribution in [0.3, 0.4) is 0 Å². The molecule has 6 nitrogen and oxygen atoms in total. The van der Waals surface area contributed by atoms with Crippen LogP contribution in [0.1, 0.15) is 18.9 Å². The highest BCUT2D eigenvalue weighted by Crippen LogP contribution is 2.35. The molecule has 0 spiro atoms. The molecule has 4 aromatic rings. The number of hydrogen-bond acceptors (Lipinski definition) is 6. The van der Waals surface area contributed by atoms with Gasteiger partial charge in [-0.1, -0.05) is 43.3 Å². The molecule has 1 N–H and O–H groups in total. The van der Waals surface area contributed by atoms with E-state index in [2.05, 4.69) is 32.1 Å². The lowest BCUT2D eigenvalue weighted by Crippen LogP contribution is -2.50. The van der Waals surface area contributed by atoms with E-state index < -0.39 is 5.82 Å². The number of anilines is 1. The van der Waals surface area contributed by atoms with Gasteiger partial charge in [0.2, 0.25) is 0 Å². The van der Waals surface area contributed by atoms with Crippen LogP contribution in [-0.2, 0) is 0 Å². The largest absolute Gasteiger partial charge is 0.467 e. The molecule has 1 saturated heterocycles. The van der Waals surface area contributed by atoms with Crippen molar-refractivity contribution in [3.63, 3.8) is 0 Å². The van der Waals surface area contributed by atoms with E-state index in [0.717, 1.165) is 48.0 Å². The summed E-state index contributed by atoms with van der Waals surface area (Å²) < 4.78 is 21.3. The molecule has 0 aliphatic carbocycles. The van der Waals surface area contributed by atoms with E-state index >= 15 is 4.39 Å². The summed E-state index contributed by atoms with van der Waals surface area (Å²) >= 11 is 0. The first kappa shape index (κ1) is 20.6. The Bertz CT molecular complexity index is 1300. The number of aryl methyl sites for hydroxylation is 1. The summed E-state index contributed by atoms with van der Waals surface area (Å²) in [4.78, 5) is 15.7. The van der Waals surface area contributed by atoms with Gasteiger partial charge in [0.05, 0.1) is 12.5 Å². The number of halogens is 1. The van der Waals surface area contributed by atoms with Gasteiger partial charge in [0, 0.05) is 37.4 Å². The van der Waals surface area contributed by atoms with Crippen LogP contribution in [0.15, 0.2) is 42.6 Å². The number of piperazine rings is 1. The molecule has 0 bridgehead atoms. The number of hydrogen-bond donors (Lipinski definition) is 1. The number of aromatic nitrogens is 3. The molecule has 7 heteroatoms. The molecular formula is C25H26FN5O. The molecule has 164 valence electrons. The van der Waals surface area contributed by atoms with Gasteiger partial charge in [-0.2, -0.15) is 9.97 Å². The number of benzene rings is 2. The molecular weight excluding hydrogens is 405 g/mol. The zero-order chi connectivity index (χ0) is 22.2. The average molecular weight is 432 g/mol. The number of methoxy groups -OCH3 is 1. The van der Waals surface area contributed by atoms with Gasteiger partial charge in [-0.05, 0) is 29.7 Å². The first-order valence-electron chi connectivity index (χ1n) is 11.0. The van der Waals surface area contributed by atoms with E-state index in [-0.39, 0.29) is 17.2 Å². The first-order chi connectivity index (χ1) is 15.6. The molecule has 0 amide bonds. The van der Waals surface area contributed by atoms with Crippen molar-refractivity contribution in [3.05, 3.63) is 54.0 Å². The lowest BCUT2D eigenvalue weighted by Gasteiger charge is -2.34. The molecule has 32 heavy (non-hydrogen) atoms. The smallest absolute Gasteiger partial charge is 0.318 e. The van der Waals surface area contributed by atoms with Crippen LogP contribution in [0.25, 0.3) is 32.9 Å². The topological polar surface area (TPSA) is 63.2 Å². The molecule has 2 aromatic carbocycles. The van der Waals surface area contributed by atoms with E-state index in [4.69, 9.17) is 4.74 Å². The molecule has 0 saturated carbocycles. The van der Waals surface area contributed by atoms with Crippen LogP contribution in [0, 0.1) is 12.7 Å². The standard InChI is InChI=1S/C25H26FN5O/c1-4-17-14-31(12-11-27-17)24-19-13-28-22(21(26)23(19)29-25(30-24)32-3)18-10-6-9-16-8-5-7-15(2)20(16)18/h5-10,13,17,27H,4,11-12,14H2,1-3H3. The predicted octanol–water partition coefficient (Wildman–Crippen LogP) is 4.49. The number of nitrogens with zero attached hydrogens (tertiary/aromatic N) is 4. The van der Waals surface area contributed by atoms with Gasteiger partial charge in [-0.3, -0.25) is 4.98 Å². The maximum absolute atomic E-state index is 16.0. The third-order valence-electron chi connectivity index (χ3n) is 6.24.